The smallest absolute Gasteiger partial charge is 0.246 e. The lowest BCUT2D eigenvalue weighted by Crippen LogP contribution is -2.49. The van der Waals surface area contributed by atoms with Gasteiger partial charge in [-0.05, 0) is 23.8 Å². The molecule has 3 rings (SSSR count). The number of amides is 1. The van der Waals surface area contributed by atoms with Crippen LogP contribution in [0, 0.1) is 0 Å². The van der Waals surface area contributed by atoms with Gasteiger partial charge in [-0.2, -0.15) is 0 Å². The first-order valence-electron chi connectivity index (χ1n) is 8.53. The zero-order valence-electron chi connectivity index (χ0n) is 15.4. The zero-order chi connectivity index (χ0) is 18.5. The average Bonchev–Trinajstić information content (AvgIpc) is 3.11. The van der Waals surface area contributed by atoms with Crippen molar-refractivity contribution in [1.82, 2.24) is 14.5 Å². The number of ether oxygens (including phenoxy) is 2. The molecule has 0 spiro atoms. The summed E-state index contributed by atoms with van der Waals surface area (Å²) >= 11 is 0. The van der Waals surface area contributed by atoms with Crippen LogP contribution in [-0.2, 0) is 11.8 Å². The Balaban J connectivity index is 1.59. The van der Waals surface area contributed by atoms with Crippen molar-refractivity contribution in [3.8, 4) is 11.5 Å². The highest BCUT2D eigenvalue weighted by atomic mass is 16.5. The molecule has 0 unspecified atom stereocenters. The van der Waals surface area contributed by atoms with Gasteiger partial charge in [-0.3, -0.25) is 4.79 Å². The van der Waals surface area contributed by atoms with E-state index in [0.29, 0.717) is 24.6 Å². The number of hydrogen-bond acceptors (Lipinski definition) is 5. The molecule has 1 amide bonds. The second-order valence-corrected chi connectivity index (χ2v) is 6.10. The van der Waals surface area contributed by atoms with Crippen molar-refractivity contribution in [2.45, 2.75) is 0 Å². The zero-order valence-corrected chi connectivity index (χ0v) is 15.4. The van der Waals surface area contributed by atoms with Crippen LogP contribution in [0.25, 0.3) is 6.08 Å². The Morgan fingerprint density at radius 3 is 2.46 bits per heavy atom. The minimum absolute atomic E-state index is 0.0132. The molecule has 1 fully saturated rings. The van der Waals surface area contributed by atoms with E-state index in [-0.39, 0.29) is 5.91 Å². The molecule has 0 N–H and O–H groups in total. The van der Waals surface area contributed by atoms with Crippen LogP contribution in [0.15, 0.2) is 36.7 Å². The molecule has 7 heteroatoms. The van der Waals surface area contributed by atoms with E-state index in [1.165, 1.54) is 0 Å². The highest BCUT2D eigenvalue weighted by molar-refractivity contribution is 5.92. The molecule has 1 aliphatic rings. The Morgan fingerprint density at radius 1 is 1.12 bits per heavy atom. The summed E-state index contributed by atoms with van der Waals surface area (Å²) in [6.07, 6.45) is 7.13. The predicted molar refractivity (Wildman–Crippen MR) is 101 cm³/mol. The molecule has 0 bridgehead atoms. The van der Waals surface area contributed by atoms with Gasteiger partial charge < -0.3 is 23.8 Å². The first kappa shape index (κ1) is 17.8. The highest BCUT2D eigenvalue weighted by Crippen LogP contribution is 2.28. The first-order valence-corrected chi connectivity index (χ1v) is 8.53. The van der Waals surface area contributed by atoms with Crippen LogP contribution in [-0.4, -0.2) is 60.8 Å². The van der Waals surface area contributed by atoms with Crippen molar-refractivity contribution in [2.24, 2.45) is 7.05 Å². The summed E-state index contributed by atoms with van der Waals surface area (Å²) in [5.41, 5.74) is 0.891. The molecule has 0 atom stereocenters. The maximum Gasteiger partial charge on any atom is 0.246 e. The van der Waals surface area contributed by atoms with Gasteiger partial charge in [0.2, 0.25) is 11.9 Å². The first-order chi connectivity index (χ1) is 12.6. The molecule has 138 valence electrons. The van der Waals surface area contributed by atoms with Crippen molar-refractivity contribution >= 4 is 17.9 Å². The van der Waals surface area contributed by atoms with Gasteiger partial charge in [-0.1, -0.05) is 6.07 Å². The Kier molecular flexibility index (Phi) is 5.46. The third-order valence-electron chi connectivity index (χ3n) is 4.50. The molecule has 1 saturated heterocycles. The lowest BCUT2D eigenvalue weighted by atomic mass is 10.2. The molecule has 26 heavy (non-hydrogen) atoms. The number of aromatic nitrogens is 2. The topological polar surface area (TPSA) is 59.8 Å². The average molecular weight is 356 g/mol. The van der Waals surface area contributed by atoms with Gasteiger partial charge in [0.15, 0.2) is 11.5 Å². The van der Waals surface area contributed by atoms with Crippen LogP contribution in [0.3, 0.4) is 0 Å². The number of rotatable bonds is 5. The fraction of sp³-hybridized carbons (Fsp3) is 0.368. The van der Waals surface area contributed by atoms with Crippen LogP contribution >= 0.6 is 0 Å². The number of benzene rings is 1. The maximum absolute atomic E-state index is 12.5. The van der Waals surface area contributed by atoms with Gasteiger partial charge in [-0.25, -0.2) is 4.98 Å². The van der Waals surface area contributed by atoms with Crippen LogP contribution in [0.4, 0.5) is 5.95 Å². The van der Waals surface area contributed by atoms with Crippen molar-refractivity contribution in [2.75, 3.05) is 45.3 Å². The van der Waals surface area contributed by atoms with E-state index in [4.69, 9.17) is 9.47 Å². The summed E-state index contributed by atoms with van der Waals surface area (Å²) in [6.45, 7) is 2.92. The van der Waals surface area contributed by atoms with Crippen LogP contribution in [0.5, 0.6) is 11.5 Å². The van der Waals surface area contributed by atoms with Crippen LogP contribution in [0.1, 0.15) is 5.56 Å². The lowest BCUT2D eigenvalue weighted by Gasteiger charge is -2.34. The molecule has 7 nitrogen and oxygen atoms in total. The Hall–Kier alpha value is -2.96. The van der Waals surface area contributed by atoms with Crippen molar-refractivity contribution < 1.29 is 14.3 Å². The lowest BCUT2D eigenvalue weighted by molar-refractivity contribution is -0.126. The highest BCUT2D eigenvalue weighted by Gasteiger charge is 2.21. The number of imidazole rings is 1. The molecule has 1 aromatic carbocycles. The Morgan fingerprint density at radius 2 is 1.85 bits per heavy atom. The molecule has 2 aromatic rings. The summed E-state index contributed by atoms with van der Waals surface area (Å²) in [7, 11) is 5.17. The third kappa shape index (κ3) is 3.82. The van der Waals surface area contributed by atoms with Crippen molar-refractivity contribution in [1.29, 1.82) is 0 Å². The number of hydrogen-bond donors (Lipinski definition) is 0. The standard InChI is InChI=1S/C19H24N4O3/c1-21-9-8-20-19(21)23-12-10-22(11-13-23)18(24)7-5-15-4-6-16(25-2)17(14-15)26-3/h4-9,14H,10-13H2,1-3H3/b7-5+. The second-order valence-electron chi connectivity index (χ2n) is 6.10. The fourth-order valence-corrected chi connectivity index (χ4v) is 3.02. The van der Waals surface area contributed by atoms with Crippen LogP contribution < -0.4 is 14.4 Å². The number of methoxy groups -OCH3 is 2. The number of aryl methyl sites for hydroxylation is 1. The molecule has 1 aromatic heterocycles. The molecular weight excluding hydrogens is 332 g/mol. The fourth-order valence-electron chi connectivity index (χ4n) is 3.02. The van der Waals surface area contributed by atoms with Gasteiger partial charge in [0.05, 0.1) is 14.2 Å². The minimum atomic E-state index is 0.0132. The van der Waals surface area contributed by atoms with Gasteiger partial charge in [-0.15, -0.1) is 0 Å². The summed E-state index contributed by atoms with van der Waals surface area (Å²) in [5.74, 6) is 2.27. The van der Waals surface area contributed by atoms with Gasteiger partial charge in [0.25, 0.3) is 0 Å². The number of nitrogens with zero attached hydrogens (tertiary/aromatic N) is 4. The Labute approximate surface area is 153 Å². The molecule has 0 radical (unpaired) electrons. The molecule has 1 aliphatic heterocycles. The maximum atomic E-state index is 12.5. The van der Waals surface area contributed by atoms with Gasteiger partial charge >= 0.3 is 0 Å². The van der Waals surface area contributed by atoms with E-state index < -0.39 is 0 Å². The minimum Gasteiger partial charge on any atom is -0.493 e. The molecule has 2 heterocycles. The van der Waals surface area contributed by atoms with Gasteiger partial charge in [0.1, 0.15) is 0 Å². The van der Waals surface area contributed by atoms with E-state index >= 15 is 0 Å². The van der Waals surface area contributed by atoms with Crippen LogP contribution in [0.2, 0.25) is 0 Å². The predicted octanol–water partition coefficient (Wildman–Crippen LogP) is 1.80. The number of anilines is 1. The summed E-state index contributed by atoms with van der Waals surface area (Å²) in [4.78, 5) is 20.9. The summed E-state index contributed by atoms with van der Waals surface area (Å²) in [5, 5.41) is 0. The normalized spacial score (nSPS) is 14.7. The summed E-state index contributed by atoms with van der Waals surface area (Å²) < 4.78 is 12.5. The SMILES string of the molecule is COc1ccc(/C=C/C(=O)N2CCN(c3nccn3C)CC2)cc1OC. The second kappa shape index (κ2) is 7.95. The summed E-state index contributed by atoms with van der Waals surface area (Å²) in [6, 6.07) is 5.57. The monoisotopic (exact) mass is 356 g/mol. The molecule has 0 aliphatic carbocycles. The van der Waals surface area contributed by atoms with E-state index in [1.807, 2.05) is 40.9 Å². The molecule has 0 saturated carbocycles. The van der Waals surface area contributed by atoms with Crippen molar-refractivity contribution in [3.05, 3.63) is 42.2 Å². The quantitative estimate of drug-likeness (QED) is 0.765. The number of piperazine rings is 1. The van der Waals surface area contributed by atoms with Gasteiger partial charge in [0, 0.05) is 51.7 Å². The number of carbonyl (C=O) groups excluding carboxylic acids is 1. The Bertz CT molecular complexity index is 792. The third-order valence-corrected chi connectivity index (χ3v) is 4.50. The van der Waals surface area contributed by atoms with E-state index in [2.05, 4.69) is 9.88 Å². The van der Waals surface area contributed by atoms with E-state index in [1.54, 1.807) is 32.6 Å². The molecular formula is C19H24N4O3. The van der Waals surface area contributed by atoms with E-state index in [0.717, 1.165) is 24.6 Å². The van der Waals surface area contributed by atoms with E-state index in [9.17, 15) is 4.79 Å². The largest absolute Gasteiger partial charge is 0.493 e. The van der Waals surface area contributed by atoms with Crippen molar-refractivity contribution in [3.63, 3.8) is 0 Å². The number of carbonyl (C=O) groups is 1.